The van der Waals surface area contributed by atoms with Gasteiger partial charge >= 0.3 is 0 Å². The Morgan fingerprint density at radius 2 is 1.74 bits per heavy atom. The molecule has 6 heteroatoms. The van der Waals surface area contributed by atoms with Crippen molar-refractivity contribution in [1.82, 2.24) is 5.32 Å². The molecule has 0 fully saturated rings. The summed E-state index contributed by atoms with van der Waals surface area (Å²) in [6.07, 6.45) is -0.0136. The Bertz CT molecular complexity index is 537. The number of amides is 1. The number of carbonyl (C=O) groups is 1. The maximum Gasteiger partial charge on any atom is 0.255 e. The summed E-state index contributed by atoms with van der Waals surface area (Å²) >= 11 is 0. The minimum absolute atomic E-state index is 0.217. The van der Waals surface area contributed by atoms with Gasteiger partial charge < -0.3 is 24.6 Å². The molecule has 0 aliphatic carbocycles. The van der Waals surface area contributed by atoms with Crippen LogP contribution in [0.25, 0.3) is 0 Å². The van der Waals surface area contributed by atoms with Crippen molar-refractivity contribution in [2.24, 2.45) is 5.41 Å². The van der Waals surface area contributed by atoms with Crippen LogP contribution in [0.5, 0.6) is 17.2 Å². The van der Waals surface area contributed by atoms with E-state index in [1.807, 2.05) is 20.8 Å². The molecule has 1 amide bonds. The lowest BCUT2D eigenvalue weighted by atomic mass is 9.87. The van der Waals surface area contributed by atoms with Crippen molar-refractivity contribution in [1.29, 1.82) is 0 Å². The Kier molecular flexibility index (Phi) is 6.69. The van der Waals surface area contributed by atoms with Crippen LogP contribution in [0.3, 0.4) is 0 Å². The second-order valence-electron chi connectivity index (χ2n) is 6.31. The highest BCUT2D eigenvalue weighted by Gasteiger charge is 2.23. The van der Waals surface area contributed by atoms with E-state index in [2.05, 4.69) is 5.32 Å². The van der Waals surface area contributed by atoms with Gasteiger partial charge in [0.05, 0.1) is 33.0 Å². The Labute approximate surface area is 137 Å². The Morgan fingerprint density at radius 1 is 1.13 bits per heavy atom. The van der Waals surface area contributed by atoms with E-state index in [1.165, 1.54) is 21.3 Å². The Morgan fingerprint density at radius 3 is 2.22 bits per heavy atom. The molecule has 0 bridgehead atoms. The zero-order valence-electron chi connectivity index (χ0n) is 14.7. The lowest BCUT2D eigenvalue weighted by Crippen LogP contribution is -2.32. The van der Waals surface area contributed by atoms with E-state index in [9.17, 15) is 9.90 Å². The van der Waals surface area contributed by atoms with Crippen LogP contribution in [0, 0.1) is 5.41 Å². The fourth-order valence-corrected chi connectivity index (χ4v) is 2.13. The van der Waals surface area contributed by atoms with Gasteiger partial charge in [0, 0.05) is 6.54 Å². The number of nitrogens with one attached hydrogen (secondary N) is 1. The lowest BCUT2D eigenvalue weighted by Gasteiger charge is -2.25. The molecule has 130 valence electrons. The second-order valence-corrected chi connectivity index (χ2v) is 6.31. The van der Waals surface area contributed by atoms with Crippen molar-refractivity contribution in [2.45, 2.75) is 33.3 Å². The molecule has 1 rings (SSSR count). The first kappa shape index (κ1) is 19.1. The predicted molar refractivity (Wildman–Crippen MR) is 88.5 cm³/mol. The third-order valence-corrected chi connectivity index (χ3v) is 3.65. The van der Waals surface area contributed by atoms with Crippen molar-refractivity contribution in [2.75, 3.05) is 27.9 Å². The molecule has 0 radical (unpaired) electrons. The average Bonchev–Trinajstić information content (AvgIpc) is 2.51. The molecule has 0 saturated heterocycles. The fraction of sp³-hybridized carbons (Fsp3) is 0.588. The van der Waals surface area contributed by atoms with Gasteiger partial charge in [-0.2, -0.15) is 0 Å². The molecule has 1 aromatic rings. The molecular formula is C17H27NO5. The van der Waals surface area contributed by atoms with Gasteiger partial charge in [0.1, 0.15) is 0 Å². The van der Waals surface area contributed by atoms with Crippen LogP contribution in [0.15, 0.2) is 12.1 Å². The first-order valence-electron chi connectivity index (χ1n) is 7.51. The van der Waals surface area contributed by atoms with Crippen molar-refractivity contribution < 1.29 is 24.1 Å². The SMILES string of the molecule is COc1ccc(C(=O)NCCC(O)C(C)(C)C)c(OC)c1OC. The van der Waals surface area contributed by atoms with Crippen LogP contribution in [0.2, 0.25) is 0 Å². The van der Waals surface area contributed by atoms with E-state index in [1.54, 1.807) is 12.1 Å². The monoisotopic (exact) mass is 325 g/mol. The van der Waals surface area contributed by atoms with Crippen molar-refractivity contribution in [3.8, 4) is 17.2 Å². The molecule has 1 atom stereocenters. The third kappa shape index (κ3) is 4.76. The minimum Gasteiger partial charge on any atom is -0.493 e. The van der Waals surface area contributed by atoms with Gasteiger partial charge in [0.15, 0.2) is 11.5 Å². The van der Waals surface area contributed by atoms with Crippen LogP contribution in [0.1, 0.15) is 37.6 Å². The van der Waals surface area contributed by atoms with Gasteiger partial charge in [-0.1, -0.05) is 20.8 Å². The first-order valence-corrected chi connectivity index (χ1v) is 7.51. The van der Waals surface area contributed by atoms with E-state index in [-0.39, 0.29) is 11.3 Å². The maximum atomic E-state index is 12.4. The number of hydrogen-bond donors (Lipinski definition) is 2. The van der Waals surface area contributed by atoms with Crippen LogP contribution >= 0.6 is 0 Å². The van der Waals surface area contributed by atoms with Crippen molar-refractivity contribution in [3.63, 3.8) is 0 Å². The highest BCUT2D eigenvalue weighted by molar-refractivity contribution is 5.98. The van der Waals surface area contributed by atoms with E-state index in [0.717, 1.165) is 0 Å². The van der Waals surface area contributed by atoms with Crippen molar-refractivity contribution >= 4 is 5.91 Å². The molecule has 0 heterocycles. The molecule has 0 saturated carbocycles. The number of methoxy groups -OCH3 is 3. The molecule has 1 unspecified atom stereocenters. The van der Waals surface area contributed by atoms with Crippen LogP contribution in [-0.2, 0) is 0 Å². The fourth-order valence-electron chi connectivity index (χ4n) is 2.13. The summed E-state index contributed by atoms with van der Waals surface area (Å²) < 4.78 is 15.8. The zero-order valence-corrected chi connectivity index (χ0v) is 14.7. The van der Waals surface area contributed by atoms with Gasteiger partial charge in [0.25, 0.3) is 5.91 Å². The summed E-state index contributed by atoms with van der Waals surface area (Å²) in [5.74, 6) is 0.895. The van der Waals surface area contributed by atoms with Crippen LogP contribution < -0.4 is 19.5 Å². The van der Waals surface area contributed by atoms with E-state index in [0.29, 0.717) is 35.8 Å². The summed E-state index contributed by atoms with van der Waals surface area (Å²) in [6, 6.07) is 3.27. The third-order valence-electron chi connectivity index (χ3n) is 3.65. The van der Waals surface area contributed by atoms with E-state index < -0.39 is 6.10 Å². The Balaban J connectivity index is 2.84. The molecule has 0 aromatic heterocycles. The number of aliphatic hydroxyl groups is 1. The molecular weight excluding hydrogens is 298 g/mol. The number of carbonyl (C=O) groups excluding carboxylic acids is 1. The zero-order chi connectivity index (χ0) is 17.6. The number of hydrogen-bond acceptors (Lipinski definition) is 5. The highest BCUT2D eigenvalue weighted by Crippen LogP contribution is 2.39. The summed E-state index contributed by atoms with van der Waals surface area (Å²) in [6.45, 7) is 6.24. The number of benzene rings is 1. The predicted octanol–water partition coefficient (Wildman–Crippen LogP) is 2.24. The average molecular weight is 325 g/mol. The molecule has 6 nitrogen and oxygen atoms in total. The van der Waals surface area contributed by atoms with Gasteiger partial charge in [-0.25, -0.2) is 0 Å². The van der Waals surface area contributed by atoms with Crippen LogP contribution in [-0.4, -0.2) is 45.0 Å². The highest BCUT2D eigenvalue weighted by atomic mass is 16.5. The second kappa shape index (κ2) is 8.06. The van der Waals surface area contributed by atoms with Gasteiger partial charge in [-0.3, -0.25) is 4.79 Å². The number of ether oxygens (including phenoxy) is 3. The summed E-state index contributed by atoms with van der Waals surface area (Å²) in [5, 5.41) is 12.8. The van der Waals surface area contributed by atoms with Crippen LogP contribution in [0.4, 0.5) is 0 Å². The maximum absolute atomic E-state index is 12.4. The minimum atomic E-state index is -0.491. The van der Waals surface area contributed by atoms with Gasteiger partial charge in [-0.05, 0) is 24.0 Å². The number of aliphatic hydroxyl groups excluding tert-OH is 1. The largest absolute Gasteiger partial charge is 0.493 e. The standard InChI is InChI=1S/C17H27NO5/c1-17(2,3)13(19)9-10-18-16(20)11-7-8-12(21-4)15(23-6)14(11)22-5/h7-8,13,19H,9-10H2,1-6H3,(H,18,20). The molecule has 23 heavy (non-hydrogen) atoms. The van der Waals surface area contributed by atoms with E-state index in [4.69, 9.17) is 14.2 Å². The molecule has 1 aromatic carbocycles. The van der Waals surface area contributed by atoms with Crippen molar-refractivity contribution in [3.05, 3.63) is 17.7 Å². The van der Waals surface area contributed by atoms with Gasteiger partial charge in [0.2, 0.25) is 5.75 Å². The Hall–Kier alpha value is -1.95. The summed E-state index contributed by atoms with van der Waals surface area (Å²) in [5.41, 5.74) is 0.140. The quantitative estimate of drug-likeness (QED) is 0.804. The molecule has 0 spiro atoms. The van der Waals surface area contributed by atoms with E-state index >= 15 is 0 Å². The smallest absolute Gasteiger partial charge is 0.255 e. The molecule has 0 aliphatic rings. The summed E-state index contributed by atoms with van der Waals surface area (Å²) in [7, 11) is 4.48. The normalized spacial score (nSPS) is 12.5. The first-order chi connectivity index (χ1) is 10.8. The van der Waals surface area contributed by atoms with Gasteiger partial charge in [-0.15, -0.1) is 0 Å². The summed E-state index contributed by atoms with van der Waals surface area (Å²) in [4.78, 5) is 12.4. The topological polar surface area (TPSA) is 77.0 Å². The lowest BCUT2D eigenvalue weighted by molar-refractivity contribution is 0.0551. The number of rotatable bonds is 7. The molecule has 2 N–H and O–H groups in total. The molecule has 0 aliphatic heterocycles.